The van der Waals surface area contributed by atoms with Crippen molar-refractivity contribution in [2.45, 2.75) is 38.1 Å². The summed E-state index contributed by atoms with van der Waals surface area (Å²) in [5, 5.41) is 2.93. The molecule has 2 aromatic heterocycles. The third-order valence-electron chi connectivity index (χ3n) is 4.38. The molecule has 0 bridgehead atoms. The second kappa shape index (κ2) is 6.93. The number of carbonyl (C=O) groups excluding carboxylic acids is 1. The number of benzene rings is 1. The normalized spacial score (nSPS) is 15.2. The van der Waals surface area contributed by atoms with Crippen molar-refractivity contribution in [2.24, 2.45) is 0 Å². The summed E-state index contributed by atoms with van der Waals surface area (Å²) >= 11 is 0. The number of carbonyl (C=O) groups is 1. The number of amides is 1. The van der Waals surface area contributed by atoms with Gasteiger partial charge in [0.05, 0.1) is 0 Å². The molecule has 0 atom stereocenters. The molecule has 0 spiro atoms. The van der Waals surface area contributed by atoms with Gasteiger partial charge in [-0.3, -0.25) is 4.98 Å². The topological polar surface area (TPSA) is 77.2 Å². The first-order chi connectivity index (χ1) is 12.3. The molecular weight excluding hydrogens is 318 g/mol. The zero-order valence-corrected chi connectivity index (χ0v) is 13.8. The lowest BCUT2D eigenvalue weighted by Gasteiger charge is -2.22. The van der Waals surface area contributed by atoms with E-state index in [0.717, 1.165) is 25.7 Å². The number of ether oxygens (including phenoxy) is 1. The largest absolute Gasteiger partial charge is 0.435 e. The molecule has 1 N–H and O–H groups in total. The first-order valence-electron chi connectivity index (χ1n) is 8.58. The van der Waals surface area contributed by atoms with Gasteiger partial charge in [0.1, 0.15) is 17.0 Å². The zero-order chi connectivity index (χ0) is 17.1. The molecule has 2 heterocycles. The van der Waals surface area contributed by atoms with Crippen molar-refractivity contribution in [3.05, 3.63) is 42.6 Å². The average Bonchev–Trinajstić information content (AvgIpc) is 3.06. The summed E-state index contributed by atoms with van der Waals surface area (Å²) < 4.78 is 11.1. The van der Waals surface area contributed by atoms with Gasteiger partial charge in [-0.1, -0.05) is 25.3 Å². The van der Waals surface area contributed by atoms with Crippen LogP contribution in [0.5, 0.6) is 5.75 Å². The van der Waals surface area contributed by atoms with Crippen LogP contribution < -0.4 is 10.1 Å². The number of hydrogen-bond donors (Lipinski definition) is 1. The minimum Gasteiger partial charge on any atom is -0.435 e. The van der Waals surface area contributed by atoms with Gasteiger partial charge in [0.15, 0.2) is 5.58 Å². The minimum absolute atomic E-state index is 0.214. The molecule has 1 aromatic carbocycles. The lowest BCUT2D eigenvalue weighted by Crippen LogP contribution is -2.37. The standard InChI is InChI=1S/C19H19N3O3/c23-19(21-13-6-2-1-3-7-13)24-14-9-10-15-17(12-14)25-18(22-15)16-8-4-5-11-20-16/h4-5,8-13H,1-3,6-7H2,(H,21,23). The predicted molar refractivity (Wildman–Crippen MR) is 93.3 cm³/mol. The number of nitrogens with one attached hydrogen (secondary N) is 1. The van der Waals surface area contributed by atoms with Crippen molar-refractivity contribution in [3.8, 4) is 17.3 Å². The Hall–Kier alpha value is -2.89. The molecule has 3 aromatic rings. The van der Waals surface area contributed by atoms with E-state index in [-0.39, 0.29) is 6.04 Å². The lowest BCUT2D eigenvalue weighted by molar-refractivity contribution is 0.192. The summed E-state index contributed by atoms with van der Waals surface area (Å²) in [5.41, 5.74) is 1.92. The molecule has 0 saturated heterocycles. The van der Waals surface area contributed by atoms with E-state index in [1.807, 2.05) is 18.2 Å². The molecule has 4 rings (SSSR count). The van der Waals surface area contributed by atoms with E-state index in [2.05, 4.69) is 15.3 Å². The quantitative estimate of drug-likeness (QED) is 0.770. The second-order valence-corrected chi connectivity index (χ2v) is 6.23. The Labute approximate surface area is 145 Å². The number of aromatic nitrogens is 2. The number of rotatable bonds is 3. The maximum absolute atomic E-state index is 12.1. The van der Waals surface area contributed by atoms with Crippen LogP contribution >= 0.6 is 0 Å². The molecule has 1 aliphatic carbocycles. The van der Waals surface area contributed by atoms with Crippen molar-refractivity contribution >= 4 is 17.2 Å². The van der Waals surface area contributed by atoms with Crippen molar-refractivity contribution in [1.82, 2.24) is 15.3 Å². The van der Waals surface area contributed by atoms with Gasteiger partial charge in [0.2, 0.25) is 5.89 Å². The van der Waals surface area contributed by atoms with Crippen LogP contribution in [0.25, 0.3) is 22.7 Å². The van der Waals surface area contributed by atoms with Crippen LogP contribution in [0.1, 0.15) is 32.1 Å². The predicted octanol–water partition coefficient (Wildman–Crippen LogP) is 4.31. The Morgan fingerprint density at radius 3 is 2.84 bits per heavy atom. The summed E-state index contributed by atoms with van der Waals surface area (Å²) in [7, 11) is 0. The number of oxazole rings is 1. The van der Waals surface area contributed by atoms with Crippen LogP contribution in [-0.4, -0.2) is 22.1 Å². The Bertz CT molecular complexity index is 870. The van der Waals surface area contributed by atoms with E-state index >= 15 is 0 Å². The fraction of sp³-hybridized carbons (Fsp3) is 0.316. The van der Waals surface area contributed by atoms with Gasteiger partial charge in [-0.05, 0) is 37.1 Å². The molecule has 0 aliphatic heterocycles. The number of nitrogens with zero attached hydrogens (tertiary/aromatic N) is 2. The fourth-order valence-electron chi connectivity index (χ4n) is 3.12. The van der Waals surface area contributed by atoms with Gasteiger partial charge in [0, 0.05) is 18.3 Å². The smallest absolute Gasteiger partial charge is 0.412 e. The molecule has 25 heavy (non-hydrogen) atoms. The first kappa shape index (κ1) is 15.6. The molecule has 128 valence electrons. The van der Waals surface area contributed by atoms with Gasteiger partial charge >= 0.3 is 6.09 Å². The second-order valence-electron chi connectivity index (χ2n) is 6.23. The highest BCUT2D eigenvalue weighted by Crippen LogP contribution is 2.26. The average molecular weight is 337 g/mol. The van der Waals surface area contributed by atoms with Crippen LogP contribution in [0.4, 0.5) is 4.79 Å². The molecule has 1 fully saturated rings. The molecule has 6 nitrogen and oxygen atoms in total. The van der Waals surface area contributed by atoms with Gasteiger partial charge in [-0.2, -0.15) is 0 Å². The number of fused-ring (bicyclic) bond motifs is 1. The van der Waals surface area contributed by atoms with E-state index in [9.17, 15) is 4.79 Å². The fourth-order valence-corrected chi connectivity index (χ4v) is 3.12. The summed E-state index contributed by atoms with van der Waals surface area (Å²) in [6.07, 6.45) is 6.86. The van der Waals surface area contributed by atoms with Gasteiger partial charge < -0.3 is 14.5 Å². The van der Waals surface area contributed by atoms with Crippen molar-refractivity contribution in [3.63, 3.8) is 0 Å². The molecular formula is C19H19N3O3. The highest BCUT2D eigenvalue weighted by Gasteiger charge is 2.17. The summed E-state index contributed by atoms with van der Waals surface area (Å²) in [4.78, 5) is 20.7. The monoisotopic (exact) mass is 337 g/mol. The van der Waals surface area contributed by atoms with Crippen LogP contribution in [0.3, 0.4) is 0 Å². The molecule has 0 unspecified atom stereocenters. The van der Waals surface area contributed by atoms with Crippen LogP contribution in [0.2, 0.25) is 0 Å². The maximum Gasteiger partial charge on any atom is 0.412 e. The third kappa shape index (κ3) is 3.63. The van der Waals surface area contributed by atoms with E-state index in [1.165, 1.54) is 6.42 Å². The van der Waals surface area contributed by atoms with Gasteiger partial charge in [-0.15, -0.1) is 0 Å². The Balaban J connectivity index is 1.48. The SMILES string of the molecule is O=C(NC1CCCCC1)Oc1ccc2nc(-c3ccccn3)oc2c1. The van der Waals surface area contributed by atoms with Gasteiger partial charge in [0.25, 0.3) is 0 Å². The maximum atomic E-state index is 12.1. The highest BCUT2D eigenvalue weighted by atomic mass is 16.6. The molecule has 1 aliphatic rings. The molecule has 1 amide bonds. The van der Waals surface area contributed by atoms with Gasteiger partial charge in [-0.25, -0.2) is 9.78 Å². The molecule has 1 saturated carbocycles. The molecule has 0 radical (unpaired) electrons. The zero-order valence-electron chi connectivity index (χ0n) is 13.8. The van der Waals surface area contributed by atoms with E-state index < -0.39 is 6.09 Å². The first-order valence-corrected chi connectivity index (χ1v) is 8.58. The minimum atomic E-state index is -0.421. The van der Waals surface area contributed by atoms with Crippen molar-refractivity contribution in [1.29, 1.82) is 0 Å². The summed E-state index contributed by atoms with van der Waals surface area (Å²) in [5.74, 6) is 0.879. The number of hydrogen-bond acceptors (Lipinski definition) is 5. The van der Waals surface area contributed by atoms with Crippen LogP contribution in [-0.2, 0) is 0 Å². The highest BCUT2D eigenvalue weighted by molar-refractivity contribution is 5.79. The van der Waals surface area contributed by atoms with Crippen molar-refractivity contribution in [2.75, 3.05) is 0 Å². The van der Waals surface area contributed by atoms with Crippen LogP contribution in [0, 0.1) is 0 Å². The van der Waals surface area contributed by atoms with E-state index in [0.29, 0.717) is 28.4 Å². The number of pyridine rings is 1. The Morgan fingerprint density at radius 1 is 1.16 bits per heavy atom. The van der Waals surface area contributed by atoms with E-state index in [1.54, 1.807) is 24.4 Å². The lowest BCUT2D eigenvalue weighted by atomic mass is 9.96. The Kier molecular flexibility index (Phi) is 4.33. The molecule has 6 heteroatoms. The van der Waals surface area contributed by atoms with Crippen LogP contribution in [0.15, 0.2) is 47.0 Å². The van der Waals surface area contributed by atoms with E-state index in [4.69, 9.17) is 9.15 Å². The summed E-state index contributed by atoms with van der Waals surface area (Å²) in [6, 6.07) is 10.9. The summed E-state index contributed by atoms with van der Waals surface area (Å²) in [6.45, 7) is 0. The Morgan fingerprint density at radius 2 is 2.04 bits per heavy atom. The van der Waals surface area contributed by atoms with Crippen molar-refractivity contribution < 1.29 is 13.9 Å². The third-order valence-corrected chi connectivity index (χ3v) is 4.38.